The van der Waals surface area contributed by atoms with E-state index in [1.807, 2.05) is 0 Å². The summed E-state index contributed by atoms with van der Waals surface area (Å²) in [5.74, 6) is -21.6. The molecular weight excluding hydrogens is 1100 g/mol. The minimum Gasteiger partial charge on any atom is -0.508 e. The van der Waals surface area contributed by atoms with E-state index in [1.165, 1.54) is 24.3 Å². The Morgan fingerprint density at radius 3 is 1.32 bits per heavy atom. The smallest absolute Gasteiger partial charge is 0.305 e. The van der Waals surface area contributed by atoms with Gasteiger partial charge in [0.25, 0.3) is 0 Å². The van der Waals surface area contributed by atoms with Gasteiger partial charge in [-0.25, -0.2) is 0 Å². The molecule has 4 bridgehead atoms. The fraction of sp³-hybridized carbons (Fsp3) is 0.200. The Balaban J connectivity index is 1.04. The third-order valence-corrected chi connectivity index (χ3v) is 16.7. The second kappa shape index (κ2) is 17.6. The molecule has 8 aromatic carbocycles. The molecule has 0 aliphatic carbocycles. The lowest BCUT2D eigenvalue weighted by atomic mass is 9.70. The molecule has 6 aliphatic rings. The highest BCUT2D eigenvalue weighted by Crippen LogP contribution is 2.68. The van der Waals surface area contributed by atoms with Crippen LogP contribution in [0.3, 0.4) is 0 Å². The number of ether oxygens (including phenoxy) is 6. The highest BCUT2D eigenvalue weighted by Gasteiger charge is 2.64. The Labute approximate surface area is 470 Å². The number of phenolic OH excluding ortho intramolecular Hbond substituents is 14. The van der Waals surface area contributed by atoms with E-state index >= 15 is 0 Å². The van der Waals surface area contributed by atoms with Gasteiger partial charge >= 0.3 is 11.6 Å². The minimum absolute atomic E-state index is 0.0346. The fourth-order valence-electron chi connectivity index (χ4n) is 12.9. The first kappa shape index (κ1) is 51.7. The van der Waals surface area contributed by atoms with Gasteiger partial charge in [0.2, 0.25) is 0 Å². The first-order valence-corrected chi connectivity index (χ1v) is 25.8. The molecule has 8 aromatic rings. The number of aromatic hydroxyl groups is 14. The monoisotopic (exact) mass is 1150 g/mol. The number of aliphatic hydroxyl groups excluding tert-OH is 4. The Bertz CT molecular complexity index is 4180. The lowest BCUT2D eigenvalue weighted by Gasteiger charge is -2.52. The van der Waals surface area contributed by atoms with E-state index in [1.54, 1.807) is 0 Å². The van der Waals surface area contributed by atoms with Crippen molar-refractivity contribution in [1.29, 1.82) is 0 Å². The number of aliphatic hydroxyl groups is 4. The van der Waals surface area contributed by atoms with Crippen molar-refractivity contribution in [2.45, 2.75) is 72.4 Å². The summed E-state index contributed by atoms with van der Waals surface area (Å²) < 4.78 is 39.7. The number of rotatable bonds is 5. The number of phenols is 14. The number of hydrogen-bond donors (Lipinski definition) is 18. The standard InChI is InChI=1S/C60H46O24/c61-23-13-34(71)42-39(14-23)81-59(21-3-7-27(64)32(69)11-21)57(77)49(42)47-41(82-59)18-37(74)43-48(51(76)53(80-55(43)47)20-2-6-26(63)31(68)10-20)44-35(72)16-36(73)45-50-46-40(83-60(58(50)78,84-56(44)45)22-4-8-28(65)33(70)12-22)17-29(66)24-15-38(75)52(79-54(24)46)19-1-5-25(62)30(67)9-19/h1-14,16-18,38,48-53,57-58,61-78H,15H2/t38-,48-,49-,50-,51-,52-,53-,57?,58?,59+,60-/m1/s1. The second-order valence-electron chi connectivity index (χ2n) is 21.4. The van der Waals surface area contributed by atoms with Crippen LogP contribution in [0.1, 0.15) is 91.2 Å². The first-order valence-electron chi connectivity index (χ1n) is 25.8. The van der Waals surface area contributed by atoms with E-state index in [4.69, 9.17) is 28.4 Å². The van der Waals surface area contributed by atoms with Crippen LogP contribution in [-0.2, 0) is 18.0 Å². The molecule has 0 spiro atoms. The normalized spacial score (nSPS) is 26.3. The topological polar surface area (TPSA) is 420 Å². The number of fused-ring (bicyclic) bond motifs is 16. The number of benzene rings is 8. The van der Waals surface area contributed by atoms with Gasteiger partial charge in [-0.05, 0) is 71.8 Å². The van der Waals surface area contributed by atoms with E-state index in [9.17, 15) is 91.9 Å². The van der Waals surface area contributed by atoms with Crippen LogP contribution < -0.4 is 28.4 Å². The Kier molecular flexibility index (Phi) is 10.8. The molecule has 14 rings (SSSR count). The van der Waals surface area contributed by atoms with Gasteiger partial charge in [0.1, 0.15) is 93.4 Å². The largest absolute Gasteiger partial charge is 0.508 e. The van der Waals surface area contributed by atoms with Crippen molar-refractivity contribution in [1.82, 2.24) is 0 Å². The van der Waals surface area contributed by atoms with Gasteiger partial charge < -0.3 is 120 Å². The predicted octanol–water partition coefficient (Wildman–Crippen LogP) is 5.49. The predicted molar refractivity (Wildman–Crippen MR) is 281 cm³/mol. The average molecular weight is 1150 g/mol. The van der Waals surface area contributed by atoms with Crippen molar-refractivity contribution in [3.05, 3.63) is 164 Å². The van der Waals surface area contributed by atoms with Crippen molar-refractivity contribution in [2.24, 2.45) is 0 Å². The van der Waals surface area contributed by atoms with Crippen LogP contribution in [-0.4, -0.2) is 116 Å². The fourth-order valence-corrected chi connectivity index (χ4v) is 12.9. The van der Waals surface area contributed by atoms with Gasteiger partial charge in [-0.15, -0.1) is 0 Å². The molecule has 6 heterocycles. The summed E-state index contributed by atoms with van der Waals surface area (Å²) in [6.07, 6.45) is -11.0. The number of hydrogen-bond acceptors (Lipinski definition) is 24. The van der Waals surface area contributed by atoms with E-state index < -0.39 is 169 Å². The van der Waals surface area contributed by atoms with Gasteiger partial charge in [0, 0.05) is 86.8 Å². The molecule has 84 heavy (non-hydrogen) atoms. The summed E-state index contributed by atoms with van der Waals surface area (Å²) in [4.78, 5) is 0. The summed E-state index contributed by atoms with van der Waals surface area (Å²) in [6.45, 7) is 0. The molecule has 0 aromatic heterocycles. The van der Waals surface area contributed by atoms with E-state index in [0.29, 0.717) is 0 Å². The molecule has 2 unspecified atom stereocenters. The average Bonchev–Trinajstić information content (AvgIpc) is 0.713. The van der Waals surface area contributed by atoms with E-state index in [2.05, 4.69) is 0 Å². The van der Waals surface area contributed by atoms with Crippen LogP contribution in [0, 0.1) is 0 Å². The van der Waals surface area contributed by atoms with Crippen LogP contribution in [0.2, 0.25) is 0 Å². The third kappa shape index (κ3) is 7.01. The van der Waals surface area contributed by atoms with Crippen LogP contribution in [0.5, 0.6) is 115 Å². The SMILES string of the molecule is Oc1cc(O)c2c(c1)O[C@@]1(c3ccc(O)c(O)c3)Oc3cc(O)c4c(c3[C@@H]2C1O)O[C@H](c1ccc(O)c(O)c1)[C@H](O)[C@H]4c1c(O)cc(O)c2c1O[C@@]1(c3ccc(O)c(O)c3)Oc3cc(O)c4c(c3[C@@H]2C1O)O[C@H](c1ccc(O)c(O)c1)[C@H](O)C4. The van der Waals surface area contributed by atoms with E-state index in [-0.39, 0.29) is 79.5 Å². The quantitative estimate of drug-likeness (QED) is 0.0947. The molecule has 0 fully saturated rings. The van der Waals surface area contributed by atoms with Crippen molar-refractivity contribution in [3.8, 4) is 115 Å². The molecular formula is C60H46O24. The van der Waals surface area contributed by atoms with Gasteiger partial charge in [-0.1, -0.05) is 12.1 Å². The molecule has 0 amide bonds. The Morgan fingerprint density at radius 1 is 0.333 bits per heavy atom. The maximum atomic E-state index is 13.1. The van der Waals surface area contributed by atoms with Crippen molar-refractivity contribution < 1.29 is 120 Å². The second-order valence-corrected chi connectivity index (χ2v) is 21.4. The molecule has 0 radical (unpaired) electrons. The van der Waals surface area contributed by atoms with Gasteiger partial charge in [-0.2, -0.15) is 0 Å². The zero-order valence-electron chi connectivity index (χ0n) is 42.7. The summed E-state index contributed by atoms with van der Waals surface area (Å²) in [5.41, 5.74) is -2.15. The van der Waals surface area contributed by atoms with E-state index in [0.717, 1.165) is 78.9 Å². The molecule has 18 N–H and O–H groups in total. The summed E-state index contributed by atoms with van der Waals surface area (Å²) >= 11 is 0. The third-order valence-electron chi connectivity index (χ3n) is 16.7. The molecule has 0 saturated carbocycles. The highest BCUT2D eigenvalue weighted by molar-refractivity contribution is 5.75. The molecule has 430 valence electrons. The molecule has 24 heteroatoms. The maximum absolute atomic E-state index is 13.1. The summed E-state index contributed by atoms with van der Waals surface area (Å²) in [7, 11) is 0. The van der Waals surface area contributed by atoms with Crippen molar-refractivity contribution in [3.63, 3.8) is 0 Å². The van der Waals surface area contributed by atoms with Crippen LogP contribution in [0.25, 0.3) is 0 Å². The molecule has 24 nitrogen and oxygen atoms in total. The molecule has 0 saturated heterocycles. The van der Waals surface area contributed by atoms with Gasteiger partial charge in [-0.3, -0.25) is 0 Å². The zero-order chi connectivity index (χ0) is 59.1. The highest BCUT2D eigenvalue weighted by atomic mass is 16.7. The van der Waals surface area contributed by atoms with Gasteiger partial charge in [0.15, 0.2) is 52.1 Å². The zero-order valence-corrected chi connectivity index (χ0v) is 42.7. The Morgan fingerprint density at radius 2 is 0.762 bits per heavy atom. The van der Waals surface area contributed by atoms with Crippen molar-refractivity contribution in [2.75, 3.05) is 0 Å². The summed E-state index contributed by atoms with van der Waals surface area (Å²) in [6, 6.07) is 18.6. The summed E-state index contributed by atoms with van der Waals surface area (Å²) in [5, 5.41) is 207. The molecule has 6 aliphatic heterocycles. The van der Waals surface area contributed by atoms with Crippen LogP contribution in [0.4, 0.5) is 0 Å². The van der Waals surface area contributed by atoms with Crippen LogP contribution >= 0.6 is 0 Å². The first-order chi connectivity index (χ1) is 40.0. The lowest BCUT2D eigenvalue weighted by Crippen LogP contribution is -2.58. The maximum Gasteiger partial charge on any atom is 0.305 e. The minimum atomic E-state index is -2.67. The van der Waals surface area contributed by atoms with Crippen LogP contribution in [0.15, 0.2) is 103 Å². The van der Waals surface area contributed by atoms with Gasteiger partial charge in [0.05, 0.1) is 23.9 Å². The lowest BCUT2D eigenvalue weighted by molar-refractivity contribution is -0.219. The van der Waals surface area contributed by atoms with Crippen molar-refractivity contribution >= 4 is 0 Å². The Hall–Kier alpha value is -10.4. The molecule has 11 atom stereocenters.